The zero-order valence-electron chi connectivity index (χ0n) is 13.0. The van der Waals surface area contributed by atoms with Gasteiger partial charge in [0.15, 0.2) is 0 Å². The van der Waals surface area contributed by atoms with Crippen LogP contribution in [0.5, 0.6) is 0 Å². The average Bonchev–Trinajstić information content (AvgIpc) is 1.98. The minimum atomic E-state index is -0.306. The zero-order valence-corrected chi connectivity index (χ0v) is 15.5. The topological polar surface area (TPSA) is 61.9 Å². The Morgan fingerprint density at radius 1 is 1.00 bits per heavy atom. The maximum absolute atomic E-state index is 9.60. The first-order valence-corrected chi connectivity index (χ1v) is 5.94. The molecule has 0 aliphatic rings. The molecular weight excluding hydrogens is 307 g/mol. The van der Waals surface area contributed by atoms with Gasteiger partial charge in [0.05, 0.1) is 11.5 Å². The van der Waals surface area contributed by atoms with E-state index in [4.69, 9.17) is 5.11 Å². The smallest absolute Gasteiger partial charge is 0.325 e. The van der Waals surface area contributed by atoms with Gasteiger partial charge < -0.3 is 10.2 Å². The molecule has 0 atom stereocenters. The molecule has 0 bridgehead atoms. The van der Waals surface area contributed by atoms with E-state index in [0.717, 1.165) is 0 Å². The number of hydrogen-bond donors (Lipinski definition) is 2. The number of aliphatic hydroxyl groups excluding tert-OH is 2. The molecule has 0 aromatic heterocycles. The molecule has 18 heavy (non-hydrogen) atoms. The van der Waals surface area contributed by atoms with Crippen LogP contribution in [-0.2, 0) is 26.2 Å². The van der Waals surface area contributed by atoms with E-state index in [1.165, 1.54) is 6.08 Å². The van der Waals surface area contributed by atoms with Gasteiger partial charge in [0.1, 0.15) is 5.76 Å². The summed E-state index contributed by atoms with van der Waals surface area (Å²) in [5, 5.41) is 17.7. The summed E-state index contributed by atoms with van der Waals surface area (Å²) >= 11 is 0. The Morgan fingerprint density at radius 3 is 1.44 bits per heavy atom. The van der Waals surface area contributed by atoms with E-state index in [-0.39, 0.29) is 54.7 Å². The van der Waals surface area contributed by atoms with Crippen LogP contribution in [0, 0.1) is 10.8 Å². The third-order valence-corrected chi connectivity index (χ3v) is 1.81. The van der Waals surface area contributed by atoms with Crippen molar-refractivity contribution in [3.63, 3.8) is 0 Å². The van der Waals surface area contributed by atoms with Crippen molar-refractivity contribution in [2.75, 3.05) is 0 Å². The number of hydrogen-bond acceptors (Lipinski definition) is 2. The molecule has 0 aromatic rings. The quantitative estimate of drug-likeness (QED) is 0.438. The standard InChI is InChI=1S/C11H20O2.C3H8O.Zr/c1-10(2,3)8(12)7-9(13)11(4,5)6;1-3(2)4;/h7,12H,1-6H3;3-4H,1-2H3;/p+1/b8-7-;;. The molecule has 0 rings (SSSR count). The number of rotatable bonds is 1. The van der Waals surface area contributed by atoms with Crippen molar-refractivity contribution in [1.29, 1.82) is 0 Å². The molecule has 4 heteroatoms. The van der Waals surface area contributed by atoms with E-state index in [9.17, 15) is 9.90 Å². The normalized spacial score (nSPS) is 12.4. The molecule has 3 nitrogen and oxygen atoms in total. The van der Waals surface area contributed by atoms with Gasteiger partial charge in [-0.2, -0.15) is 0 Å². The van der Waals surface area contributed by atoms with Gasteiger partial charge in [-0.1, -0.05) is 20.8 Å². The van der Waals surface area contributed by atoms with Gasteiger partial charge >= 0.3 is 5.78 Å². The summed E-state index contributed by atoms with van der Waals surface area (Å²) in [6, 6.07) is 0. The van der Waals surface area contributed by atoms with Gasteiger partial charge in [0.2, 0.25) is 0 Å². The van der Waals surface area contributed by atoms with Crippen LogP contribution in [0.4, 0.5) is 0 Å². The van der Waals surface area contributed by atoms with Gasteiger partial charge in [-0.15, -0.1) is 0 Å². The Hall–Kier alpha value is 0.0531. The molecule has 0 saturated carbocycles. The van der Waals surface area contributed by atoms with Crippen LogP contribution in [-0.4, -0.2) is 26.9 Å². The molecule has 0 heterocycles. The molecule has 0 saturated heterocycles. The first-order chi connectivity index (χ1) is 7.28. The van der Waals surface area contributed by atoms with Gasteiger partial charge in [0.25, 0.3) is 0 Å². The number of carbonyl (C=O) groups excluding carboxylic acids is 1. The molecular formula is C14H29O3Zr+. The largest absolute Gasteiger partial charge is 0.511 e. The summed E-state index contributed by atoms with van der Waals surface area (Å²) in [5.74, 6) is 0.417. The number of aliphatic hydroxyl groups is 2. The summed E-state index contributed by atoms with van der Waals surface area (Å²) in [6.45, 7) is 14.8. The summed E-state index contributed by atoms with van der Waals surface area (Å²) in [6.07, 6.45) is 1.28. The minimum absolute atomic E-state index is 0. The van der Waals surface area contributed by atoms with Gasteiger partial charge in [-0.3, -0.25) is 4.79 Å². The average molecular weight is 337 g/mol. The molecule has 0 aliphatic carbocycles. The van der Waals surface area contributed by atoms with E-state index in [1.807, 2.05) is 41.5 Å². The number of ketones is 1. The van der Waals surface area contributed by atoms with Crippen molar-refractivity contribution in [3.05, 3.63) is 11.8 Å². The van der Waals surface area contributed by atoms with Gasteiger partial charge in [-0.05, 0) is 34.6 Å². The fourth-order valence-electron chi connectivity index (χ4n) is 0.563. The summed E-state index contributed by atoms with van der Waals surface area (Å²) in [5.41, 5.74) is -0.613. The molecule has 3 N–H and O–H groups in total. The monoisotopic (exact) mass is 335 g/mol. The van der Waals surface area contributed by atoms with Crippen LogP contribution in [0.2, 0.25) is 0 Å². The van der Waals surface area contributed by atoms with Crippen molar-refractivity contribution >= 4 is 5.78 Å². The minimum Gasteiger partial charge on any atom is -0.511 e. The van der Waals surface area contributed by atoms with Gasteiger partial charge in [0, 0.05) is 37.7 Å². The third kappa shape index (κ3) is 14.1. The Bertz CT molecular complexity index is 265. The zero-order chi connectivity index (χ0) is 14.4. The van der Waals surface area contributed by atoms with Crippen LogP contribution in [0.3, 0.4) is 0 Å². The van der Waals surface area contributed by atoms with E-state index >= 15 is 0 Å². The van der Waals surface area contributed by atoms with Crippen molar-refractivity contribution in [2.45, 2.75) is 61.5 Å². The summed E-state index contributed by atoms with van der Waals surface area (Å²) in [7, 11) is 0. The maximum atomic E-state index is 9.60. The fraction of sp³-hybridized carbons (Fsp3) is 0.786. The van der Waals surface area contributed by atoms with Crippen molar-refractivity contribution < 1.29 is 41.2 Å². The Labute approximate surface area is 131 Å². The van der Waals surface area contributed by atoms with Gasteiger partial charge in [-0.25, -0.2) is 0 Å². The second kappa shape index (κ2) is 9.04. The Balaban J connectivity index is -0.000000392. The van der Waals surface area contributed by atoms with Crippen LogP contribution in [0.25, 0.3) is 0 Å². The first-order valence-electron chi connectivity index (χ1n) is 5.94. The van der Waals surface area contributed by atoms with E-state index in [0.29, 0.717) is 0 Å². The maximum Gasteiger partial charge on any atom is 0.325 e. The number of allylic oxidation sites excluding steroid dienone is 2. The van der Waals surface area contributed by atoms with Crippen LogP contribution >= 0.6 is 0 Å². The van der Waals surface area contributed by atoms with Crippen LogP contribution < -0.4 is 0 Å². The SMILES string of the molecule is CC(C)(C)C(=[OH+])/C=C(\O)C(C)(C)C.CC(C)O.[Zr]. The molecule has 0 aromatic carbocycles. The Morgan fingerprint density at radius 2 is 1.28 bits per heavy atom. The molecule has 0 unspecified atom stereocenters. The van der Waals surface area contributed by atoms with Crippen LogP contribution in [0.1, 0.15) is 55.4 Å². The van der Waals surface area contributed by atoms with Crippen LogP contribution in [0.15, 0.2) is 11.8 Å². The first kappa shape index (κ1) is 23.2. The predicted octanol–water partition coefficient (Wildman–Crippen LogP) is 3.45. The second-order valence-corrected chi connectivity index (χ2v) is 6.51. The van der Waals surface area contributed by atoms with Crippen molar-refractivity contribution in [3.8, 4) is 0 Å². The summed E-state index contributed by atoms with van der Waals surface area (Å²) in [4.78, 5) is 9.60. The van der Waals surface area contributed by atoms with E-state index in [1.54, 1.807) is 13.8 Å². The fourth-order valence-corrected chi connectivity index (χ4v) is 0.563. The summed E-state index contributed by atoms with van der Waals surface area (Å²) < 4.78 is 0. The molecule has 0 fully saturated rings. The van der Waals surface area contributed by atoms with E-state index in [2.05, 4.69) is 0 Å². The molecule has 0 spiro atoms. The molecule has 106 valence electrons. The van der Waals surface area contributed by atoms with Crippen molar-refractivity contribution in [1.82, 2.24) is 0 Å². The molecule has 0 aliphatic heterocycles. The third-order valence-electron chi connectivity index (χ3n) is 1.81. The van der Waals surface area contributed by atoms with Crippen molar-refractivity contribution in [2.24, 2.45) is 10.8 Å². The molecule has 0 radical (unpaired) electrons. The Kier molecular flexibility index (Phi) is 11.6. The van der Waals surface area contributed by atoms with E-state index < -0.39 is 0 Å². The molecule has 0 amide bonds. The predicted molar refractivity (Wildman–Crippen MR) is 73.9 cm³/mol. The second-order valence-electron chi connectivity index (χ2n) is 6.51.